The number of primary sulfonamides is 1. The van der Waals surface area contributed by atoms with E-state index >= 15 is 0 Å². The number of hydrogen-bond donors (Lipinski definition) is 1. The van der Waals surface area contributed by atoms with Gasteiger partial charge in [0.15, 0.2) is 0 Å². The van der Waals surface area contributed by atoms with Gasteiger partial charge in [0, 0.05) is 7.11 Å². The van der Waals surface area contributed by atoms with Gasteiger partial charge in [0.05, 0.1) is 11.4 Å². The van der Waals surface area contributed by atoms with Crippen LogP contribution in [0.4, 0.5) is 0 Å². The van der Waals surface area contributed by atoms with Crippen LogP contribution in [-0.2, 0) is 14.8 Å². The molecule has 0 bridgehead atoms. The Morgan fingerprint density at radius 1 is 1.40 bits per heavy atom. The SMILES string of the molecule is CO[C@@H](C1CC(C)(C)C1)[C@@H](C)S(N)(=O)=O. The lowest BCUT2D eigenvalue weighted by Gasteiger charge is -2.47. The summed E-state index contributed by atoms with van der Waals surface area (Å²) < 4.78 is 27.7. The molecular weight excluding hydrogens is 214 g/mol. The number of nitrogens with two attached hydrogens (primary N) is 1. The summed E-state index contributed by atoms with van der Waals surface area (Å²) in [5.74, 6) is 0.318. The fourth-order valence-electron chi connectivity index (χ4n) is 2.55. The quantitative estimate of drug-likeness (QED) is 0.793. The Labute approximate surface area is 92.2 Å². The minimum absolute atomic E-state index is 0.270. The molecule has 0 aromatic rings. The summed E-state index contributed by atoms with van der Waals surface area (Å²) in [5, 5.41) is 4.51. The third kappa shape index (κ3) is 2.92. The Kier molecular flexibility index (Phi) is 3.48. The summed E-state index contributed by atoms with van der Waals surface area (Å²) in [6.45, 7) is 5.98. The first-order chi connectivity index (χ1) is 6.67. The zero-order valence-electron chi connectivity index (χ0n) is 9.86. The molecule has 0 radical (unpaired) electrons. The summed E-state index contributed by atoms with van der Waals surface area (Å²) in [7, 11) is -1.94. The average Bonchev–Trinajstić information content (AvgIpc) is 2.00. The van der Waals surface area contributed by atoms with Crippen molar-refractivity contribution in [3.8, 4) is 0 Å². The van der Waals surface area contributed by atoms with Crippen LogP contribution in [0.25, 0.3) is 0 Å². The summed E-state index contributed by atoms with van der Waals surface area (Å²) in [6, 6.07) is 0. The molecule has 2 atom stereocenters. The molecule has 90 valence electrons. The number of methoxy groups -OCH3 is 1. The fourth-order valence-corrected chi connectivity index (χ4v) is 3.25. The van der Waals surface area contributed by atoms with Crippen molar-refractivity contribution in [2.75, 3.05) is 7.11 Å². The average molecular weight is 235 g/mol. The predicted octanol–water partition coefficient (Wildman–Crippen LogP) is 1.11. The van der Waals surface area contributed by atoms with Crippen molar-refractivity contribution < 1.29 is 13.2 Å². The fraction of sp³-hybridized carbons (Fsp3) is 1.00. The maximum absolute atomic E-state index is 11.2. The van der Waals surface area contributed by atoms with Crippen molar-refractivity contribution in [3.05, 3.63) is 0 Å². The van der Waals surface area contributed by atoms with E-state index in [9.17, 15) is 8.42 Å². The molecule has 0 aromatic carbocycles. The van der Waals surface area contributed by atoms with Crippen molar-refractivity contribution >= 4 is 10.0 Å². The molecule has 0 aromatic heterocycles. The van der Waals surface area contributed by atoms with Gasteiger partial charge in [-0.25, -0.2) is 13.6 Å². The molecule has 1 aliphatic rings. The van der Waals surface area contributed by atoms with Gasteiger partial charge in [0.1, 0.15) is 0 Å². The van der Waals surface area contributed by atoms with Crippen LogP contribution in [0, 0.1) is 11.3 Å². The van der Waals surface area contributed by atoms with Crippen molar-refractivity contribution in [2.45, 2.75) is 45.0 Å². The van der Waals surface area contributed by atoms with E-state index in [4.69, 9.17) is 9.88 Å². The molecule has 1 rings (SSSR count). The van der Waals surface area contributed by atoms with E-state index in [1.54, 1.807) is 14.0 Å². The van der Waals surface area contributed by atoms with E-state index < -0.39 is 15.3 Å². The van der Waals surface area contributed by atoms with Crippen molar-refractivity contribution in [3.63, 3.8) is 0 Å². The van der Waals surface area contributed by atoms with E-state index in [0.29, 0.717) is 11.3 Å². The molecule has 1 saturated carbocycles. The van der Waals surface area contributed by atoms with Gasteiger partial charge in [0.25, 0.3) is 0 Å². The van der Waals surface area contributed by atoms with Gasteiger partial charge < -0.3 is 4.74 Å². The molecule has 0 spiro atoms. The highest BCUT2D eigenvalue weighted by molar-refractivity contribution is 7.89. The smallest absolute Gasteiger partial charge is 0.214 e. The second kappa shape index (κ2) is 4.03. The highest BCUT2D eigenvalue weighted by atomic mass is 32.2. The highest BCUT2D eigenvalue weighted by Crippen LogP contribution is 2.47. The monoisotopic (exact) mass is 235 g/mol. The van der Waals surface area contributed by atoms with Crippen molar-refractivity contribution in [1.29, 1.82) is 0 Å². The first-order valence-electron chi connectivity index (χ1n) is 5.22. The molecule has 0 saturated heterocycles. The first-order valence-corrected chi connectivity index (χ1v) is 6.83. The second-order valence-corrected chi connectivity index (χ2v) is 7.25. The van der Waals surface area contributed by atoms with E-state index in [2.05, 4.69) is 13.8 Å². The van der Waals surface area contributed by atoms with E-state index in [1.165, 1.54) is 0 Å². The van der Waals surface area contributed by atoms with Gasteiger partial charge in [-0.3, -0.25) is 0 Å². The Balaban J connectivity index is 2.66. The molecule has 0 aliphatic heterocycles. The summed E-state index contributed by atoms with van der Waals surface area (Å²) >= 11 is 0. The van der Waals surface area contributed by atoms with Crippen LogP contribution in [0.2, 0.25) is 0 Å². The van der Waals surface area contributed by atoms with Crippen LogP contribution in [0.3, 0.4) is 0 Å². The van der Waals surface area contributed by atoms with Crippen LogP contribution < -0.4 is 5.14 Å². The first kappa shape index (κ1) is 12.9. The van der Waals surface area contributed by atoms with Crippen LogP contribution in [0.5, 0.6) is 0 Å². The number of rotatable bonds is 4. The molecule has 1 fully saturated rings. The van der Waals surface area contributed by atoms with Gasteiger partial charge >= 0.3 is 0 Å². The normalized spacial score (nSPS) is 25.7. The Bertz CT molecular complexity index is 316. The van der Waals surface area contributed by atoms with Crippen LogP contribution in [-0.4, -0.2) is 26.9 Å². The van der Waals surface area contributed by atoms with E-state index in [0.717, 1.165) is 12.8 Å². The molecule has 0 unspecified atom stereocenters. The maximum atomic E-state index is 11.2. The molecule has 15 heavy (non-hydrogen) atoms. The lowest BCUT2D eigenvalue weighted by molar-refractivity contribution is -0.0368. The number of sulfonamides is 1. The summed E-state index contributed by atoms with van der Waals surface area (Å²) in [4.78, 5) is 0. The zero-order chi connectivity index (χ0) is 11.9. The third-order valence-electron chi connectivity index (χ3n) is 3.35. The van der Waals surface area contributed by atoms with E-state index in [1.807, 2.05) is 0 Å². The van der Waals surface area contributed by atoms with Gasteiger partial charge in [-0.2, -0.15) is 0 Å². The predicted molar refractivity (Wildman–Crippen MR) is 59.9 cm³/mol. The second-order valence-electron chi connectivity index (χ2n) is 5.33. The third-order valence-corrected chi connectivity index (χ3v) is 4.65. The zero-order valence-corrected chi connectivity index (χ0v) is 10.7. The van der Waals surface area contributed by atoms with Gasteiger partial charge in [-0.15, -0.1) is 0 Å². The summed E-state index contributed by atoms with van der Waals surface area (Å²) in [5.41, 5.74) is 0.319. The highest BCUT2D eigenvalue weighted by Gasteiger charge is 2.44. The van der Waals surface area contributed by atoms with Crippen LogP contribution >= 0.6 is 0 Å². The van der Waals surface area contributed by atoms with Gasteiger partial charge in [-0.05, 0) is 31.1 Å². The summed E-state index contributed by atoms with van der Waals surface area (Å²) in [6.07, 6.45) is 1.74. The van der Waals surface area contributed by atoms with Crippen LogP contribution in [0.1, 0.15) is 33.6 Å². The van der Waals surface area contributed by atoms with Gasteiger partial charge in [-0.1, -0.05) is 13.8 Å². The van der Waals surface area contributed by atoms with E-state index in [-0.39, 0.29) is 6.10 Å². The Morgan fingerprint density at radius 3 is 2.13 bits per heavy atom. The molecular formula is C10H21NO3S. The molecule has 0 amide bonds. The topological polar surface area (TPSA) is 69.4 Å². The van der Waals surface area contributed by atoms with Crippen molar-refractivity contribution in [2.24, 2.45) is 16.5 Å². The lowest BCUT2D eigenvalue weighted by Crippen LogP contribution is -2.48. The number of hydrogen-bond acceptors (Lipinski definition) is 3. The minimum Gasteiger partial charge on any atom is -0.380 e. The maximum Gasteiger partial charge on any atom is 0.214 e. The minimum atomic E-state index is -3.50. The number of ether oxygens (including phenoxy) is 1. The molecule has 1 aliphatic carbocycles. The largest absolute Gasteiger partial charge is 0.380 e. The van der Waals surface area contributed by atoms with Gasteiger partial charge in [0.2, 0.25) is 10.0 Å². The standard InChI is InChI=1S/C10H21NO3S/c1-7(15(11,12)13)9(14-4)8-5-10(2,3)6-8/h7-9H,5-6H2,1-4H3,(H2,11,12,13)/t7-,9-/m1/s1. The molecule has 4 nitrogen and oxygen atoms in total. The lowest BCUT2D eigenvalue weighted by atomic mass is 9.62. The molecule has 2 N–H and O–H groups in total. The van der Waals surface area contributed by atoms with Crippen LogP contribution in [0.15, 0.2) is 0 Å². The molecule has 0 heterocycles. The Hall–Kier alpha value is -0.130. The van der Waals surface area contributed by atoms with Crippen molar-refractivity contribution in [1.82, 2.24) is 0 Å². The molecule has 5 heteroatoms. The Morgan fingerprint density at radius 2 is 1.87 bits per heavy atom.